The highest BCUT2D eigenvalue weighted by Crippen LogP contribution is 2.25. The Morgan fingerprint density at radius 1 is 1.15 bits per heavy atom. The fraction of sp³-hybridized carbons (Fsp3) is 0.200. The lowest BCUT2D eigenvalue weighted by atomic mass is 10.1. The molecule has 0 aliphatic rings. The van der Waals surface area contributed by atoms with E-state index in [9.17, 15) is 9.50 Å². The van der Waals surface area contributed by atoms with Crippen molar-refractivity contribution in [3.63, 3.8) is 0 Å². The van der Waals surface area contributed by atoms with E-state index in [1.165, 1.54) is 12.1 Å². The van der Waals surface area contributed by atoms with E-state index >= 15 is 0 Å². The third-order valence-corrected chi connectivity index (χ3v) is 3.56. The third-order valence-electron chi connectivity index (χ3n) is 2.82. The standard InChI is InChI=1S/C15H13Cl2FO2/c1-9(19)11-3-5-15(14(18)7-11)20-8-10-2-4-12(16)13(17)6-10/h2-7,9,19H,8H2,1H3/t9-/m1/s1. The van der Waals surface area contributed by atoms with Gasteiger partial charge in [-0.05, 0) is 42.3 Å². The van der Waals surface area contributed by atoms with Crippen molar-refractivity contribution in [2.75, 3.05) is 0 Å². The van der Waals surface area contributed by atoms with Gasteiger partial charge in [0, 0.05) is 0 Å². The average molecular weight is 315 g/mol. The van der Waals surface area contributed by atoms with Crippen molar-refractivity contribution in [3.8, 4) is 5.75 Å². The molecule has 2 aromatic carbocycles. The van der Waals surface area contributed by atoms with Crippen LogP contribution >= 0.6 is 23.2 Å². The molecule has 0 saturated heterocycles. The maximum Gasteiger partial charge on any atom is 0.165 e. The van der Waals surface area contributed by atoms with Gasteiger partial charge in [0.05, 0.1) is 16.1 Å². The van der Waals surface area contributed by atoms with E-state index in [-0.39, 0.29) is 12.4 Å². The van der Waals surface area contributed by atoms with Crippen LogP contribution in [0.4, 0.5) is 4.39 Å². The first kappa shape index (κ1) is 15.1. The molecule has 0 heterocycles. The van der Waals surface area contributed by atoms with Crippen LogP contribution in [0.2, 0.25) is 10.0 Å². The van der Waals surface area contributed by atoms with Crippen LogP contribution in [0.15, 0.2) is 36.4 Å². The number of rotatable bonds is 4. The molecule has 20 heavy (non-hydrogen) atoms. The van der Waals surface area contributed by atoms with Gasteiger partial charge in [-0.25, -0.2) is 4.39 Å². The van der Waals surface area contributed by atoms with E-state index in [1.807, 2.05) is 0 Å². The number of ether oxygens (including phenoxy) is 1. The van der Waals surface area contributed by atoms with Gasteiger partial charge in [-0.15, -0.1) is 0 Å². The van der Waals surface area contributed by atoms with Crippen LogP contribution in [0.3, 0.4) is 0 Å². The van der Waals surface area contributed by atoms with Crippen LogP contribution in [0.5, 0.6) is 5.75 Å². The Kier molecular flexibility index (Phi) is 4.86. The molecule has 0 aliphatic carbocycles. The van der Waals surface area contributed by atoms with Gasteiger partial charge < -0.3 is 9.84 Å². The summed E-state index contributed by atoms with van der Waals surface area (Å²) in [5.74, 6) is -0.385. The first-order valence-electron chi connectivity index (χ1n) is 6.01. The van der Waals surface area contributed by atoms with Gasteiger partial charge in [0.2, 0.25) is 0 Å². The van der Waals surface area contributed by atoms with E-state index in [1.54, 1.807) is 31.2 Å². The van der Waals surface area contributed by atoms with Crippen molar-refractivity contribution in [3.05, 3.63) is 63.4 Å². The summed E-state index contributed by atoms with van der Waals surface area (Å²) < 4.78 is 19.2. The van der Waals surface area contributed by atoms with Crippen LogP contribution < -0.4 is 4.74 Å². The normalized spacial score (nSPS) is 12.2. The van der Waals surface area contributed by atoms with Crippen LogP contribution in [0, 0.1) is 5.82 Å². The Morgan fingerprint density at radius 2 is 1.90 bits per heavy atom. The minimum absolute atomic E-state index is 0.125. The fourth-order valence-corrected chi connectivity index (χ4v) is 2.01. The Morgan fingerprint density at radius 3 is 2.50 bits per heavy atom. The Hall–Kier alpha value is -1.29. The maximum atomic E-state index is 13.8. The summed E-state index contributed by atoms with van der Waals surface area (Å²) in [6.07, 6.45) is -0.714. The molecule has 2 nitrogen and oxygen atoms in total. The predicted octanol–water partition coefficient (Wildman–Crippen LogP) is 4.76. The minimum atomic E-state index is -0.714. The summed E-state index contributed by atoms with van der Waals surface area (Å²) in [5.41, 5.74) is 1.29. The summed E-state index contributed by atoms with van der Waals surface area (Å²) in [6.45, 7) is 1.76. The zero-order valence-corrected chi connectivity index (χ0v) is 12.2. The van der Waals surface area contributed by atoms with Crippen LogP contribution in [-0.2, 0) is 6.61 Å². The van der Waals surface area contributed by atoms with E-state index in [0.29, 0.717) is 15.6 Å². The Balaban J connectivity index is 2.09. The molecule has 0 aromatic heterocycles. The minimum Gasteiger partial charge on any atom is -0.486 e. The van der Waals surface area contributed by atoms with Crippen molar-refractivity contribution in [1.82, 2.24) is 0 Å². The van der Waals surface area contributed by atoms with E-state index in [4.69, 9.17) is 27.9 Å². The first-order chi connectivity index (χ1) is 9.47. The number of hydrogen-bond donors (Lipinski definition) is 1. The molecule has 2 rings (SSSR count). The Labute approximate surface area is 126 Å². The molecule has 2 aromatic rings. The van der Waals surface area contributed by atoms with Crippen molar-refractivity contribution in [2.45, 2.75) is 19.6 Å². The summed E-state index contributed by atoms with van der Waals surface area (Å²) >= 11 is 11.7. The molecule has 0 amide bonds. The highest BCUT2D eigenvalue weighted by Gasteiger charge is 2.08. The average Bonchev–Trinajstić information content (AvgIpc) is 2.41. The van der Waals surface area contributed by atoms with Gasteiger partial charge in [0.15, 0.2) is 11.6 Å². The molecule has 5 heteroatoms. The number of halogens is 3. The molecule has 0 saturated carbocycles. The van der Waals surface area contributed by atoms with Crippen LogP contribution in [0.1, 0.15) is 24.2 Å². The summed E-state index contributed by atoms with van der Waals surface area (Å²) in [6, 6.07) is 9.47. The quantitative estimate of drug-likeness (QED) is 0.881. The predicted molar refractivity (Wildman–Crippen MR) is 77.8 cm³/mol. The number of hydrogen-bond acceptors (Lipinski definition) is 2. The van der Waals surface area contributed by atoms with E-state index in [0.717, 1.165) is 5.56 Å². The number of aliphatic hydroxyl groups excluding tert-OH is 1. The molecule has 0 spiro atoms. The third kappa shape index (κ3) is 3.63. The second kappa shape index (κ2) is 6.44. The smallest absolute Gasteiger partial charge is 0.165 e. The molecular formula is C15H13Cl2FO2. The summed E-state index contributed by atoms with van der Waals surface area (Å²) in [4.78, 5) is 0. The molecule has 0 fully saturated rings. The fourth-order valence-electron chi connectivity index (χ4n) is 1.68. The van der Waals surface area contributed by atoms with Crippen molar-refractivity contribution in [1.29, 1.82) is 0 Å². The molecule has 0 unspecified atom stereocenters. The lowest BCUT2D eigenvalue weighted by molar-refractivity contribution is 0.198. The number of aliphatic hydroxyl groups is 1. The SMILES string of the molecule is C[C@@H](O)c1ccc(OCc2ccc(Cl)c(Cl)c2)c(F)c1. The molecule has 1 atom stereocenters. The van der Waals surface area contributed by atoms with Gasteiger partial charge in [0.25, 0.3) is 0 Å². The maximum absolute atomic E-state index is 13.8. The zero-order valence-electron chi connectivity index (χ0n) is 10.7. The highest BCUT2D eigenvalue weighted by molar-refractivity contribution is 6.42. The second-order valence-electron chi connectivity index (χ2n) is 4.40. The first-order valence-corrected chi connectivity index (χ1v) is 6.77. The van der Waals surface area contributed by atoms with Gasteiger partial charge in [0.1, 0.15) is 6.61 Å². The molecule has 106 valence electrons. The monoisotopic (exact) mass is 314 g/mol. The molecule has 0 radical (unpaired) electrons. The van der Waals surface area contributed by atoms with Gasteiger partial charge in [-0.3, -0.25) is 0 Å². The van der Waals surface area contributed by atoms with E-state index < -0.39 is 11.9 Å². The topological polar surface area (TPSA) is 29.5 Å². The van der Waals surface area contributed by atoms with Gasteiger partial charge in [-0.1, -0.05) is 35.3 Å². The van der Waals surface area contributed by atoms with Crippen LogP contribution in [-0.4, -0.2) is 5.11 Å². The molecule has 0 aliphatic heterocycles. The second-order valence-corrected chi connectivity index (χ2v) is 5.22. The number of benzene rings is 2. The van der Waals surface area contributed by atoms with Crippen molar-refractivity contribution in [2.24, 2.45) is 0 Å². The van der Waals surface area contributed by atoms with Crippen molar-refractivity contribution >= 4 is 23.2 Å². The lowest BCUT2D eigenvalue weighted by Crippen LogP contribution is -1.99. The highest BCUT2D eigenvalue weighted by atomic mass is 35.5. The van der Waals surface area contributed by atoms with Crippen LogP contribution in [0.25, 0.3) is 0 Å². The molecule has 1 N–H and O–H groups in total. The summed E-state index contributed by atoms with van der Waals surface area (Å²) in [5, 5.41) is 10.3. The lowest BCUT2D eigenvalue weighted by Gasteiger charge is -2.10. The largest absolute Gasteiger partial charge is 0.486 e. The van der Waals surface area contributed by atoms with Crippen molar-refractivity contribution < 1.29 is 14.2 Å². The van der Waals surface area contributed by atoms with Gasteiger partial charge >= 0.3 is 0 Å². The Bertz CT molecular complexity index is 615. The zero-order chi connectivity index (χ0) is 14.7. The summed E-state index contributed by atoms with van der Waals surface area (Å²) in [7, 11) is 0. The van der Waals surface area contributed by atoms with Gasteiger partial charge in [-0.2, -0.15) is 0 Å². The molecule has 0 bridgehead atoms. The van der Waals surface area contributed by atoms with E-state index in [2.05, 4.69) is 0 Å². The molecular weight excluding hydrogens is 302 g/mol.